The van der Waals surface area contributed by atoms with Crippen LogP contribution >= 0.6 is 0 Å². The van der Waals surface area contributed by atoms with Gasteiger partial charge < -0.3 is 14.6 Å². The van der Waals surface area contributed by atoms with Crippen molar-refractivity contribution in [3.8, 4) is 11.5 Å². The van der Waals surface area contributed by atoms with Crippen LogP contribution < -0.4 is 9.47 Å². The summed E-state index contributed by atoms with van der Waals surface area (Å²) < 4.78 is 11.2. The summed E-state index contributed by atoms with van der Waals surface area (Å²) in [6.07, 6.45) is 3.88. The minimum Gasteiger partial charge on any atom is -0.487 e. The minimum absolute atomic E-state index is 0.356. The van der Waals surface area contributed by atoms with Gasteiger partial charge in [-0.3, -0.25) is 0 Å². The normalized spacial score (nSPS) is 11.0. The van der Waals surface area contributed by atoms with Gasteiger partial charge in [-0.1, -0.05) is 66.7 Å². The quantitative estimate of drug-likeness (QED) is 0.418. The molecule has 1 aromatic heterocycles. The van der Waals surface area contributed by atoms with Gasteiger partial charge in [-0.15, -0.1) is 0 Å². The van der Waals surface area contributed by atoms with Crippen LogP contribution in [0.3, 0.4) is 0 Å². The Bertz CT molecular complexity index is 1200. The molecule has 0 aliphatic heterocycles. The van der Waals surface area contributed by atoms with Crippen LogP contribution in [0.25, 0.3) is 23.1 Å². The van der Waals surface area contributed by atoms with Crippen LogP contribution in [0.2, 0.25) is 0 Å². The summed E-state index contributed by atoms with van der Waals surface area (Å²) >= 11 is 0. The Hall–Kier alpha value is -4.12. The van der Waals surface area contributed by atoms with E-state index in [9.17, 15) is 4.79 Å². The average Bonchev–Trinajstić information content (AvgIpc) is 2.81. The summed E-state index contributed by atoms with van der Waals surface area (Å²) in [5, 5.41) is 9.69. The molecule has 3 aromatic carbocycles. The maximum atomic E-state index is 10.6. The minimum atomic E-state index is -1.00. The van der Waals surface area contributed by atoms with Crippen molar-refractivity contribution in [3.63, 3.8) is 0 Å². The first-order valence-corrected chi connectivity index (χ1v) is 9.87. The van der Waals surface area contributed by atoms with Crippen LogP contribution in [0.1, 0.15) is 16.8 Å². The zero-order valence-electron chi connectivity index (χ0n) is 16.8. The van der Waals surface area contributed by atoms with Gasteiger partial charge in [-0.2, -0.15) is 0 Å². The summed E-state index contributed by atoms with van der Waals surface area (Å²) in [6.45, 7) is 0.128. The Morgan fingerprint density at radius 1 is 0.839 bits per heavy atom. The molecule has 0 radical (unpaired) electrons. The number of carbonyl (C=O) groups is 1. The van der Waals surface area contributed by atoms with E-state index in [2.05, 4.69) is 0 Å². The molecule has 0 saturated heterocycles. The fraction of sp³-hybridized carbons (Fsp3) is 0.0769. The number of para-hydroxylation sites is 1. The first-order valence-electron chi connectivity index (χ1n) is 9.87. The van der Waals surface area contributed by atoms with E-state index >= 15 is 0 Å². The maximum absolute atomic E-state index is 10.6. The van der Waals surface area contributed by atoms with E-state index in [1.807, 2.05) is 84.9 Å². The zero-order valence-corrected chi connectivity index (χ0v) is 16.8. The lowest BCUT2D eigenvalue weighted by atomic mass is 10.1. The van der Waals surface area contributed by atoms with E-state index in [0.29, 0.717) is 12.4 Å². The molecule has 0 spiro atoms. The van der Waals surface area contributed by atoms with Crippen molar-refractivity contribution >= 4 is 29.0 Å². The molecule has 0 aliphatic carbocycles. The number of fused-ring (bicyclic) bond motifs is 1. The maximum Gasteiger partial charge on any atom is 0.341 e. The van der Waals surface area contributed by atoms with E-state index < -0.39 is 5.97 Å². The van der Waals surface area contributed by atoms with Crippen LogP contribution in [0.5, 0.6) is 11.5 Å². The first kappa shape index (κ1) is 20.2. The summed E-state index contributed by atoms with van der Waals surface area (Å²) in [7, 11) is 0. The third kappa shape index (κ3) is 5.48. The Labute approximate surface area is 180 Å². The predicted molar refractivity (Wildman–Crippen MR) is 121 cm³/mol. The molecular weight excluding hydrogens is 390 g/mol. The highest BCUT2D eigenvalue weighted by Crippen LogP contribution is 2.25. The van der Waals surface area contributed by atoms with Gasteiger partial charge in [0, 0.05) is 5.39 Å². The van der Waals surface area contributed by atoms with Crippen LogP contribution in [0.4, 0.5) is 0 Å². The number of pyridine rings is 1. The van der Waals surface area contributed by atoms with Gasteiger partial charge in [0.2, 0.25) is 0 Å². The molecule has 4 rings (SSSR count). The van der Waals surface area contributed by atoms with E-state index in [1.165, 1.54) is 0 Å². The average molecular weight is 411 g/mol. The number of nitrogens with zero attached hydrogens (tertiary/aromatic N) is 1. The highest BCUT2D eigenvalue weighted by molar-refractivity contribution is 5.86. The second-order valence-electron chi connectivity index (χ2n) is 6.92. The van der Waals surface area contributed by atoms with Crippen LogP contribution in [0.15, 0.2) is 84.9 Å². The molecule has 0 saturated carbocycles. The third-order valence-electron chi connectivity index (χ3n) is 4.63. The van der Waals surface area contributed by atoms with Gasteiger partial charge in [0.15, 0.2) is 6.61 Å². The number of aliphatic carboxylic acids is 1. The van der Waals surface area contributed by atoms with Crippen LogP contribution in [-0.4, -0.2) is 22.7 Å². The van der Waals surface area contributed by atoms with Gasteiger partial charge in [-0.25, -0.2) is 9.78 Å². The fourth-order valence-electron chi connectivity index (χ4n) is 3.08. The van der Waals surface area contributed by atoms with Crippen LogP contribution in [0, 0.1) is 0 Å². The lowest BCUT2D eigenvalue weighted by molar-refractivity contribution is -0.139. The Kier molecular flexibility index (Phi) is 6.24. The predicted octanol–water partition coefficient (Wildman–Crippen LogP) is 5.45. The van der Waals surface area contributed by atoms with Crippen molar-refractivity contribution in [3.05, 3.63) is 102 Å². The van der Waals surface area contributed by atoms with Crippen LogP contribution in [-0.2, 0) is 11.4 Å². The highest BCUT2D eigenvalue weighted by Gasteiger charge is 2.05. The molecule has 0 aliphatic rings. The molecule has 1 heterocycles. The van der Waals surface area contributed by atoms with E-state index in [4.69, 9.17) is 19.6 Å². The monoisotopic (exact) mass is 411 g/mol. The molecule has 154 valence electrons. The van der Waals surface area contributed by atoms with Crippen molar-refractivity contribution < 1.29 is 19.4 Å². The molecule has 31 heavy (non-hydrogen) atoms. The molecule has 5 heteroatoms. The molecule has 0 bridgehead atoms. The highest BCUT2D eigenvalue weighted by atomic mass is 16.5. The van der Waals surface area contributed by atoms with Crippen molar-refractivity contribution in [2.24, 2.45) is 0 Å². The fourth-order valence-corrected chi connectivity index (χ4v) is 3.08. The number of ether oxygens (including phenoxy) is 2. The second kappa shape index (κ2) is 9.59. The summed E-state index contributed by atoms with van der Waals surface area (Å²) in [4.78, 5) is 15.3. The summed E-state index contributed by atoms with van der Waals surface area (Å²) in [6, 6.07) is 27.2. The first-order chi connectivity index (χ1) is 15.2. The molecule has 4 aromatic rings. The lowest BCUT2D eigenvalue weighted by Gasteiger charge is -2.09. The molecule has 5 nitrogen and oxygen atoms in total. The molecule has 0 amide bonds. The number of hydrogen-bond donors (Lipinski definition) is 1. The van der Waals surface area contributed by atoms with Gasteiger partial charge in [0.1, 0.15) is 23.6 Å². The van der Waals surface area contributed by atoms with Crippen molar-refractivity contribution in [1.29, 1.82) is 0 Å². The number of rotatable bonds is 8. The smallest absolute Gasteiger partial charge is 0.341 e. The van der Waals surface area contributed by atoms with Gasteiger partial charge in [0.25, 0.3) is 0 Å². The number of carboxylic acids is 1. The standard InChI is InChI=1S/C26H21NO4/c28-25(29)18-30-23-15-10-19(11-16-23)9-13-22-14-12-21-7-4-8-24(26(21)27-22)31-17-20-5-2-1-3-6-20/h1-16H,17-18H2,(H,28,29)/b13-9+. The number of hydrogen-bond acceptors (Lipinski definition) is 4. The Morgan fingerprint density at radius 2 is 1.65 bits per heavy atom. The number of benzene rings is 3. The van der Waals surface area contributed by atoms with Gasteiger partial charge in [0.05, 0.1) is 5.69 Å². The molecule has 1 N–H and O–H groups in total. The Morgan fingerprint density at radius 3 is 2.42 bits per heavy atom. The third-order valence-corrected chi connectivity index (χ3v) is 4.63. The Balaban J connectivity index is 1.49. The lowest BCUT2D eigenvalue weighted by Crippen LogP contribution is -2.09. The molecule has 0 unspecified atom stereocenters. The van der Waals surface area contributed by atoms with E-state index in [0.717, 1.165) is 33.5 Å². The van der Waals surface area contributed by atoms with E-state index in [-0.39, 0.29) is 6.61 Å². The molecule has 0 atom stereocenters. The topological polar surface area (TPSA) is 68.7 Å². The SMILES string of the molecule is O=C(O)COc1ccc(/C=C/c2ccc3cccc(OCc4ccccc4)c3n2)cc1. The summed E-state index contributed by atoms with van der Waals surface area (Å²) in [5.74, 6) is 0.263. The number of aromatic nitrogens is 1. The number of carboxylic acid groups (broad SMARTS) is 1. The second-order valence-corrected chi connectivity index (χ2v) is 6.92. The molecule has 0 fully saturated rings. The van der Waals surface area contributed by atoms with E-state index in [1.54, 1.807) is 12.1 Å². The van der Waals surface area contributed by atoms with Crippen molar-refractivity contribution in [1.82, 2.24) is 4.98 Å². The van der Waals surface area contributed by atoms with Crippen molar-refractivity contribution in [2.75, 3.05) is 6.61 Å². The summed E-state index contributed by atoms with van der Waals surface area (Å²) in [5.41, 5.74) is 3.69. The van der Waals surface area contributed by atoms with Crippen molar-refractivity contribution in [2.45, 2.75) is 6.61 Å². The van der Waals surface area contributed by atoms with Gasteiger partial charge >= 0.3 is 5.97 Å². The largest absolute Gasteiger partial charge is 0.487 e. The van der Waals surface area contributed by atoms with Gasteiger partial charge in [-0.05, 0) is 41.5 Å². The zero-order chi connectivity index (χ0) is 21.5. The molecular formula is C26H21NO4.